The zero-order valence-electron chi connectivity index (χ0n) is 10.5. The fourth-order valence-electron chi connectivity index (χ4n) is 1.31. The molecule has 1 rings (SSSR count). The minimum absolute atomic E-state index is 0.199. The van der Waals surface area contributed by atoms with Crippen LogP contribution in [0, 0.1) is 5.82 Å². The minimum Gasteiger partial charge on any atom is -0.477 e. The van der Waals surface area contributed by atoms with E-state index in [4.69, 9.17) is 21.4 Å². The van der Waals surface area contributed by atoms with E-state index in [1.54, 1.807) is 0 Å². The highest BCUT2D eigenvalue weighted by molar-refractivity contribution is 6.40. The molecule has 1 N–H and O–H groups in total. The van der Waals surface area contributed by atoms with E-state index >= 15 is 0 Å². The fourth-order valence-corrected chi connectivity index (χ4v) is 1.51. The maximum Gasteiger partial charge on any atom is 0.377 e. The molecule has 0 saturated carbocycles. The van der Waals surface area contributed by atoms with Crippen molar-refractivity contribution in [2.75, 3.05) is 7.11 Å². The number of Topliss-reactive ketones (excluding diaryl/α,β-unsaturated/α-hetero) is 1. The Balaban J connectivity index is 3.15. The monoisotopic (exact) mass is 304 g/mol. The summed E-state index contributed by atoms with van der Waals surface area (Å²) >= 11 is 5.70. The van der Waals surface area contributed by atoms with Gasteiger partial charge in [0.1, 0.15) is 11.6 Å². The second kappa shape index (κ2) is 6.33. The number of ether oxygens (including phenoxy) is 2. The van der Waals surface area contributed by atoms with Crippen molar-refractivity contribution in [3.05, 3.63) is 28.5 Å². The molecule has 0 radical (unpaired) electrons. The highest BCUT2D eigenvalue weighted by atomic mass is 35.5. The van der Waals surface area contributed by atoms with Crippen molar-refractivity contribution in [3.8, 4) is 5.75 Å². The van der Waals surface area contributed by atoms with E-state index in [2.05, 4.69) is 4.74 Å². The number of carboxylic acids is 1. The molecular formula is C12H10ClFO6. The fraction of sp³-hybridized carbons (Fsp3) is 0.250. The lowest BCUT2D eigenvalue weighted by molar-refractivity contribution is -0.147. The van der Waals surface area contributed by atoms with Gasteiger partial charge in [-0.05, 0) is 19.1 Å². The van der Waals surface area contributed by atoms with Crippen LogP contribution in [0.15, 0.2) is 12.1 Å². The molecule has 108 valence electrons. The van der Waals surface area contributed by atoms with Gasteiger partial charge in [0.2, 0.25) is 0 Å². The van der Waals surface area contributed by atoms with Gasteiger partial charge in [0, 0.05) is 0 Å². The van der Waals surface area contributed by atoms with Gasteiger partial charge in [-0.25, -0.2) is 14.0 Å². The van der Waals surface area contributed by atoms with Crippen LogP contribution in [0.4, 0.5) is 4.39 Å². The molecule has 6 nitrogen and oxygen atoms in total. The van der Waals surface area contributed by atoms with Crippen molar-refractivity contribution in [1.29, 1.82) is 0 Å². The van der Waals surface area contributed by atoms with E-state index in [1.807, 2.05) is 0 Å². The predicted molar refractivity (Wildman–Crippen MR) is 65.5 cm³/mol. The summed E-state index contributed by atoms with van der Waals surface area (Å²) in [5.74, 6) is -5.28. The number of esters is 1. The summed E-state index contributed by atoms with van der Waals surface area (Å²) in [6.45, 7) is 1.35. The van der Waals surface area contributed by atoms with Crippen molar-refractivity contribution in [1.82, 2.24) is 0 Å². The molecule has 0 fully saturated rings. The van der Waals surface area contributed by atoms with Crippen LogP contribution in [-0.4, -0.2) is 36.0 Å². The van der Waals surface area contributed by atoms with Gasteiger partial charge in [-0.1, -0.05) is 11.6 Å². The second-order valence-electron chi connectivity index (χ2n) is 3.68. The topological polar surface area (TPSA) is 89.9 Å². The molecule has 0 bridgehead atoms. The number of aliphatic carboxylic acids is 1. The van der Waals surface area contributed by atoms with Crippen molar-refractivity contribution in [2.24, 2.45) is 0 Å². The third-order valence-corrected chi connectivity index (χ3v) is 2.59. The van der Waals surface area contributed by atoms with Gasteiger partial charge >= 0.3 is 11.9 Å². The van der Waals surface area contributed by atoms with Gasteiger partial charge in [0.25, 0.3) is 5.78 Å². The number of rotatable bonds is 5. The summed E-state index contributed by atoms with van der Waals surface area (Å²) in [4.78, 5) is 33.0. The lowest BCUT2D eigenvalue weighted by Gasteiger charge is -2.14. The number of benzene rings is 1. The summed E-state index contributed by atoms with van der Waals surface area (Å²) in [5, 5.41) is 8.36. The Hall–Kier alpha value is -2.15. The Morgan fingerprint density at radius 1 is 1.35 bits per heavy atom. The molecule has 0 amide bonds. The molecule has 1 aromatic carbocycles. The maximum atomic E-state index is 13.5. The number of carbonyl (C=O) groups is 3. The molecule has 0 unspecified atom stereocenters. The van der Waals surface area contributed by atoms with Crippen molar-refractivity contribution < 1.29 is 33.4 Å². The predicted octanol–water partition coefficient (Wildman–Crippen LogP) is 1.69. The number of hydrogen-bond acceptors (Lipinski definition) is 5. The average Bonchev–Trinajstić information content (AvgIpc) is 2.39. The molecule has 20 heavy (non-hydrogen) atoms. The van der Waals surface area contributed by atoms with Gasteiger partial charge in [-0.15, -0.1) is 0 Å². The molecule has 1 atom stereocenters. The minimum atomic E-state index is -1.82. The molecule has 0 aliphatic heterocycles. The third-order valence-electron chi connectivity index (χ3n) is 2.30. The van der Waals surface area contributed by atoms with Crippen molar-refractivity contribution in [2.45, 2.75) is 13.0 Å². The first-order valence-corrected chi connectivity index (χ1v) is 5.66. The number of hydrogen-bond donors (Lipinski definition) is 1. The van der Waals surface area contributed by atoms with E-state index in [0.717, 1.165) is 19.2 Å². The zero-order chi connectivity index (χ0) is 15.4. The van der Waals surface area contributed by atoms with Gasteiger partial charge in [0.05, 0.1) is 17.7 Å². The van der Waals surface area contributed by atoms with Crippen LogP contribution in [0.5, 0.6) is 5.75 Å². The smallest absolute Gasteiger partial charge is 0.377 e. The SMILES string of the molecule is COC(=O)[C@@H](C)Oc1cc(C(=O)C(=O)O)c(F)cc1Cl. The molecule has 0 aliphatic carbocycles. The van der Waals surface area contributed by atoms with Crippen molar-refractivity contribution >= 4 is 29.3 Å². The number of ketones is 1. The molecule has 0 spiro atoms. The highest BCUT2D eigenvalue weighted by Crippen LogP contribution is 2.29. The molecule has 0 heterocycles. The van der Waals surface area contributed by atoms with E-state index in [-0.39, 0.29) is 10.8 Å². The first-order chi connectivity index (χ1) is 9.27. The summed E-state index contributed by atoms with van der Waals surface area (Å²) < 4.78 is 23.0. The van der Waals surface area contributed by atoms with Crippen LogP contribution in [0.2, 0.25) is 5.02 Å². The quantitative estimate of drug-likeness (QED) is 0.506. The lowest BCUT2D eigenvalue weighted by Crippen LogP contribution is -2.25. The standard InChI is InChI=1S/C12H10ClFO6/c1-5(12(18)19-2)20-9-3-6(10(15)11(16)17)8(14)4-7(9)13/h3-5H,1-2H3,(H,16,17)/t5-/m1/s1. The molecule has 8 heteroatoms. The Labute approximate surface area is 118 Å². The average molecular weight is 305 g/mol. The largest absolute Gasteiger partial charge is 0.477 e. The van der Waals surface area contributed by atoms with Crippen LogP contribution in [0.25, 0.3) is 0 Å². The Kier molecular flexibility index (Phi) is 5.04. The number of carboxylic acid groups (broad SMARTS) is 1. The Morgan fingerprint density at radius 2 is 1.95 bits per heavy atom. The van der Waals surface area contributed by atoms with Crippen LogP contribution >= 0.6 is 11.6 Å². The van der Waals surface area contributed by atoms with Crippen LogP contribution in [0.1, 0.15) is 17.3 Å². The molecule has 0 aromatic heterocycles. The first kappa shape index (κ1) is 15.9. The molecule has 0 saturated heterocycles. The lowest BCUT2D eigenvalue weighted by atomic mass is 10.1. The highest BCUT2D eigenvalue weighted by Gasteiger charge is 2.23. The van der Waals surface area contributed by atoms with Crippen molar-refractivity contribution in [3.63, 3.8) is 0 Å². The number of halogens is 2. The number of carbonyl (C=O) groups excluding carboxylic acids is 2. The van der Waals surface area contributed by atoms with Gasteiger partial charge in [-0.2, -0.15) is 0 Å². The molecule has 0 aliphatic rings. The van der Waals surface area contributed by atoms with E-state index in [0.29, 0.717) is 0 Å². The molecular weight excluding hydrogens is 295 g/mol. The van der Waals surface area contributed by atoms with Gasteiger partial charge < -0.3 is 14.6 Å². The second-order valence-corrected chi connectivity index (χ2v) is 4.09. The van der Waals surface area contributed by atoms with E-state index in [9.17, 15) is 18.8 Å². The maximum absolute atomic E-state index is 13.5. The summed E-state index contributed by atoms with van der Waals surface area (Å²) in [7, 11) is 1.15. The summed E-state index contributed by atoms with van der Waals surface area (Å²) in [6, 6.07) is 1.56. The van der Waals surface area contributed by atoms with Crippen LogP contribution in [0.3, 0.4) is 0 Å². The normalized spacial score (nSPS) is 11.6. The number of methoxy groups -OCH3 is 1. The van der Waals surface area contributed by atoms with Crippen LogP contribution < -0.4 is 4.74 Å². The van der Waals surface area contributed by atoms with Gasteiger partial charge in [0.15, 0.2) is 6.10 Å². The molecule has 1 aromatic rings. The first-order valence-electron chi connectivity index (χ1n) is 5.29. The van der Waals surface area contributed by atoms with Gasteiger partial charge in [-0.3, -0.25) is 4.79 Å². The summed E-state index contributed by atoms with van der Waals surface area (Å²) in [6.07, 6.45) is -1.06. The Bertz CT molecular complexity index is 571. The van der Waals surface area contributed by atoms with Crippen LogP contribution in [-0.2, 0) is 14.3 Å². The van der Waals surface area contributed by atoms with E-state index in [1.165, 1.54) is 6.92 Å². The third kappa shape index (κ3) is 3.45. The Morgan fingerprint density at radius 3 is 2.45 bits per heavy atom. The summed E-state index contributed by atoms with van der Waals surface area (Å²) in [5.41, 5.74) is -0.714. The zero-order valence-corrected chi connectivity index (χ0v) is 11.2. The van der Waals surface area contributed by atoms with E-state index < -0.39 is 35.2 Å².